The van der Waals surface area contributed by atoms with Crippen molar-refractivity contribution in [1.82, 2.24) is 0 Å². The number of halogens is 4. The van der Waals surface area contributed by atoms with Gasteiger partial charge in [-0.1, -0.05) is 0 Å². The van der Waals surface area contributed by atoms with Crippen molar-refractivity contribution in [3.63, 3.8) is 0 Å². The number of Topliss-reactive ketones (excluding diaryl/α,β-unsaturated/α-hetero) is 2. The van der Waals surface area contributed by atoms with Crippen LogP contribution in [-0.4, -0.2) is 23.4 Å². The quantitative estimate of drug-likeness (QED) is 0.648. The molecule has 0 radical (unpaired) electrons. The first-order chi connectivity index (χ1) is 5.59. The smallest absolute Gasteiger partial charge is 0.293 e. The van der Waals surface area contributed by atoms with Crippen LogP contribution in [0, 0.1) is 0 Å². The molecule has 0 amide bonds. The third-order valence-corrected chi connectivity index (χ3v) is 1.47. The van der Waals surface area contributed by atoms with Gasteiger partial charge in [0.2, 0.25) is 0 Å². The van der Waals surface area contributed by atoms with E-state index in [-0.39, 0.29) is 0 Å². The maximum Gasteiger partial charge on any atom is 0.311 e. The van der Waals surface area contributed by atoms with Crippen LogP contribution in [-0.2, 0) is 9.59 Å². The molecule has 76 valence electrons. The zero-order chi connectivity index (χ0) is 10.9. The summed E-state index contributed by atoms with van der Waals surface area (Å²) in [6.07, 6.45) is -2.05. The van der Waals surface area contributed by atoms with E-state index < -0.39 is 29.8 Å². The van der Waals surface area contributed by atoms with Crippen LogP contribution in [0.3, 0.4) is 0 Å². The van der Waals surface area contributed by atoms with Gasteiger partial charge in [-0.15, -0.1) is 0 Å². The average Bonchev–Trinajstić information content (AvgIpc) is 1.83. The Bertz CT molecular complexity index is 211. The molecule has 6 heteroatoms. The van der Waals surface area contributed by atoms with E-state index in [9.17, 15) is 27.2 Å². The number of carbonyl (C=O) groups excluding carboxylic acids is 2. The van der Waals surface area contributed by atoms with Crippen molar-refractivity contribution < 1.29 is 27.2 Å². The van der Waals surface area contributed by atoms with Gasteiger partial charge in [0.05, 0.1) is 6.42 Å². The van der Waals surface area contributed by atoms with Gasteiger partial charge in [0.15, 0.2) is 11.6 Å². The fourth-order valence-corrected chi connectivity index (χ4v) is 0.528. The summed E-state index contributed by atoms with van der Waals surface area (Å²) in [6.45, 7) is 0.992. The molecule has 0 atom stereocenters. The molecule has 0 saturated carbocycles. The summed E-state index contributed by atoms with van der Waals surface area (Å²) in [7, 11) is 0. The Morgan fingerprint density at radius 3 is 1.31 bits per heavy atom. The van der Waals surface area contributed by atoms with E-state index in [1.54, 1.807) is 0 Å². The number of ketones is 2. The summed E-state index contributed by atoms with van der Waals surface area (Å²) in [5.74, 6) is -11.6. The molecule has 0 aromatic rings. The Kier molecular flexibility index (Phi) is 3.18. The van der Waals surface area contributed by atoms with Gasteiger partial charge in [0.25, 0.3) is 0 Å². The summed E-state index contributed by atoms with van der Waals surface area (Å²) in [5.41, 5.74) is 0. The molecule has 0 aliphatic carbocycles. The first kappa shape index (κ1) is 12.1. The summed E-state index contributed by atoms with van der Waals surface area (Å²) >= 11 is 0. The van der Waals surface area contributed by atoms with E-state index in [1.807, 2.05) is 0 Å². The van der Waals surface area contributed by atoms with Crippen LogP contribution in [0.15, 0.2) is 0 Å². The predicted octanol–water partition coefficient (Wildman–Crippen LogP) is 1.83. The van der Waals surface area contributed by atoms with Gasteiger partial charge in [0, 0.05) is 13.8 Å². The Morgan fingerprint density at radius 1 is 0.923 bits per heavy atom. The predicted molar refractivity (Wildman–Crippen MR) is 35.9 cm³/mol. The zero-order valence-electron chi connectivity index (χ0n) is 7.04. The molecule has 0 aliphatic heterocycles. The van der Waals surface area contributed by atoms with Crippen LogP contribution in [0.25, 0.3) is 0 Å². The van der Waals surface area contributed by atoms with E-state index in [2.05, 4.69) is 0 Å². The van der Waals surface area contributed by atoms with Crippen molar-refractivity contribution in [2.24, 2.45) is 0 Å². The number of rotatable bonds is 4. The van der Waals surface area contributed by atoms with Crippen molar-refractivity contribution in [3.05, 3.63) is 0 Å². The molecule has 0 aromatic carbocycles. The molecule has 0 N–H and O–H groups in total. The van der Waals surface area contributed by atoms with Gasteiger partial charge in [-0.2, -0.15) is 17.6 Å². The van der Waals surface area contributed by atoms with Crippen molar-refractivity contribution >= 4 is 11.6 Å². The van der Waals surface area contributed by atoms with Crippen molar-refractivity contribution in [2.45, 2.75) is 32.1 Å². The van der Waals surface area contributed by atoms with Gasteiger partial charge in [0.1, 0.15) is 0 Å². The Labute approximate surface area is 71.9 Å². The molecule has 0 spiro atoms. The highest BCUT2D eigenvalue weighted by molar-refractivity contribution is 5.87. The standard InChI is InChI=1S/C7H8F4O2/c1-4(12)6(8,9)3-7(10,11)5(2)13/h3H2,1-2H3. The minimum absolute atomic E-state index is 0.496. The number of alkyl halides is 4. The minimum atomic E-state index is -4.14. The second-order valence-electron chi connectivity index (χ2n) is 2.70. The monoisotopic (exact) mass is 200 g/mol. The summed E-state index contributed by atoms with van der Waals surface area (Å²) in [6, 6.07) is 0. The maximum absolute atomic E-state index is 12.4. The van der Waals surface area contributed by atoms with Crippen molar-refractivity contribution in [1.29, 1.82) is 0 Å². The molecule has 0 fully saturated rings. The number of carbonyl (C=O) groups is 2. The van der Waals surface area contributed by atoms with Crippen LogP contribution in [0.2, 0.25) is 0 Å². The molecular formula is C7H8F4O2. The van der Waals surface area contributed by atoms with E-state index in [1.165, 1.54) is 0 Å². The molecule has 0 unspecified atom stereocenters. The molecule has 0 aliphatic rings. The largest absolute Gasteiger partial charge is 0.311 e. The third-order valence-electron chi connectivity index (χ3n) is 1.47. The van der Waals surface area contributed by atoms with Gasteiger partial charge < -0.3 is 0 Å². The molecule has 0 heterocycles. The second kappa shape index (κ2) is 3.43. The zero-order valence-corrected chi connectivity index (χ0v) is 7.04. The fourth-order valence-electron chi connectivity index (χ4n) is 0.528. The Balaban J connectivity index is 4.61. The van der Waals surface area contributed by atoms with Crippen LogP contribution in [0.4, 0.5) is 17.6 Å². The topological polar surface area (TPSA) is 34.1 Å². The second-order valence-corrected chi connectivity index (χ2v) is 2.70. The van der Waals surface area contributed by atoms with E-state index >= 15 is 0 Å². The van der Waals surface area contributed by atoms with E-state index in [4.69, 9.17) is 0 Å². The van der Waals surface area contributed by atoms with Gasteiger partial charge in [-0.25, -0.2) is 0 Å². The molecule has 0 aromatic heterocycles. The lowest BCUT2D eigenvalue weighted by Crippen LogP contribution is -2.38. The molecule has 0 rings (SSSR count). The fraction of sp³-hybridized carbons (Fsp3) is 0.714. The number of hydrogen-bond donors (Lipinski definition) is 0. The van der Waals surface area contributed by atoms with Gasteiger partial charge in [-0.05, 0) is 0 Å². The normalized spacial score (nSPS) is 12.8. The number of hydrogen-bond acceptors (Lipinski definition) is 2. The van der Waals surface area contributed by atoms with Crippen LogP contribution in [0.5, 0.6) is 0 Å². The molecule has 0 saturated heterocycles. The SMILES string of the molecule is CC(=O)C(F)(F)CC(F)(F)C(C)=O. The Morgan fingerprint density at radius 2 is 1.15 bits per heavy atom. The molecule has 13 heavy (non-hydrogen) atoms. The lowest BCUT2D eigenvalue weighted by atomic mass is 10.0. The van der Waals surface area contributed by atoms with Crippen LogP contribution >= 0.6 is 0 Å². The van der Waals surface area contributed by atoms with E-state index in [0.29, 0.717) is 13.8 Å². The molecule has 2 nitrogen and oxygen atoms in total. The summed E-state index contributed by atoms with van der Waals surface area (Å²) in [5, 5.41) is 0. The lowest BCUT2D eigenvalue weighted by molar-refractivity contribution is -0.164. The molecule has 0 bridgehead atoms. The highest BCUT2D eigenvalue weighted by atomic mass is 19.3. The first-order valence-electron chi connectivity index (χ1n) is 3.37. The minimum Gasteiger partial charge on any atom is -0.293 e. The summed E-state index contributed by atoms with van der Waals surface area (Å²) < 4.78 is 49.7. The van der Waals surface area contributed by atoms with Crippen LogP contribution in [0.1, 0.15) is 20.3 Å². The average molecular weight is 200 g/mol. The van der Waals surface area contributed by atoms with Gasteiger partial charge in [-0.3, -0.25) is 9.59 Å². The highest BCUT2D eigenvalue weighted by Crippen LogP contribution is 2.31. The van der Waals surface area contributed by atoms with Crippen LogP contribution < -0.4 is 0 Å². The molecular weight excluding hydrogens is 192 g/mol. The van der Waals surface area contributed by atoms with Gasteiger partial charge >= 0.3 is 11.8 Å². The lowest BCUT2D eigenvalue weighted by Gasteiger charge is -2.18. The first-order valence-corrected chi connectivity index (χ1v) is 3.37. The third kappa shape index (κ3) is 3.12. The van der Waals surface area contributed by atoms with E-state index in [0.717, 1.165) is 0 Å². The van der Waals surface area contributed by atoms with Crippen molar-refractivity contribution in [2.75, 3.05) is 0 Å². The maximum atomic E-state index is 12.4. The Hall–Kier alpha value is -0.940. The van der Waals surface area contributed by atoms with Crippen molar-refractivity contribution in [3.8, 4) is 0 Å². The summed E-state index contributed by atoms with van der Waals surface area (Å²) in [4.78, 5) is 20.3. The highest BCUT2D eigenvalue weighted by Gasteiger charge is 2.49.